The van der Waals surface area contributed by atoms with E-state index in [1.54, 1.807) is 12.1 Å². The SMILES string of the molecule is O=C(Nc1nc(N2CCCCC2)n[nH]1)c1ccc(COc2ccc(Br)cc2)o1. The van der Waals surface area contributed by atoms with E-state index >= 15 is 0 Å². The second-order valence-electron chi connectivity index (χ2n) is 6.49. The molecule has 2 aromatic heterocycles. The summed E-state index contributed by atoms with van der Waals surface area (Å²) in [7, 11) is 0. The summed E-state index contributed by atoms with van der Waals surface area (Å²) in [6.07, 6.45) is 3.50. The second-order valence-corrected chi connectivity index (χ2v) is 7.41. The summed E-state index contributed by atoms with van der Waals surface area (Å²) >= 11 is 3.38. The van der Waals surface area contributed by atoms with Crippen LogP contribution in [0.2, 0.25) is 0 Å². The fourth-order valence-corrected chi connectivity index (χ4v) is 3.24. The Morgan fingerprint density at radius 2 is 1.96 bits per heavy atom. The number of anilines is 2. The van der Waals surface area contributed by atoms with Crippen molar-refractivity contribution in [2.45, 2.75) is 25.9 Å². The molecule has 0 aliphatic carbocycles. The monoisotopic (exact) mass is 445 g/mol. The Bertz CT molecular complexity index is 931. The number of ether oxygens (including phenoxy) is 1. The van der Waals surface area contributed by atoms with Gasteiger partial charge in [0.15, 0.2) is 5.76 Å². The summed E-state index contributed by atoms with van der Waals surface area (Å²) in [5.74, 6) is 1.98. The minimum Gasteiger partial charge on any atom is -0.486 e. The minimum absolute atomic E-state index is 0.185. The zero-order chi connectivity index (χ0) is 19.3. The van der Waals surface area contributed by atoms with Gasteiger partial charge in [-0.1, -0.05) is 15.9 Å². The molecular formula is C19H20BrN5O3. The lowest BCUT2D eigenvalue weighted by molar-refractivity contribution is 0.0992. The molecule has 1 aliphatic rings. The zero-order valence-corrected chi connectivity index (χ0v) is 16.7. The van der Waals surface area contributed by atoms with Crippen molar-refractivity contribution in [1.82, 2.24) is 15.2 Å². The molecule has 8 nitrogen and oxygen atoms in total. The molecular weight excluding hydrogens is 426 g/mol. The molecule has 146 valence electrons. The molecule has 1 amide bonds. The summed E-state index contributed by atoms with van der Waals surface area (Å²) < 4.78 is 12.2. The highest BCUT2D eigenvalue weighted by atomic mass is 79.9. The van der Waals surface area contributed by atoms with E-state index in [1.165, 1.54) is 6.42 Å². The first kappa shape index (κ1) is 18.5. The van der Waals surface area contributed by atoms with Gasteiger partial charge in [-0.2, -0.15) is 4.98 Å². The molecule has 0 saturated carbocycles. The Balaban J connectivity index is 1.32. The molecule has 1 fully saturated rings. The van der Waals surface area contributed by atoms with E-state index in [0.717, 1.165) is 36.2 Å². The Morgan fingerprint density at radius 1 is 1.18 bits per heavy atom. The van der Waals surface area contributed by atoms with E-state index in [0.29, 0.717) is 17.7 Å². The number of hydrogen-bond donors (Lipinski definition) is 2. The Labute approximate surface area is 170 Å². The number of carbonyl (C=O) groups is 1. The van der Waals surface area contributed by atoms with E-state index in [-0.39, 0.29) is 12.4 Å². The smallest absolute Gasteiger partial charge is 0.293 e. The van der Waals surface area contributed by atoms with Crippen molar-refractivity contribution in [1.29, 1.82) is 0 Å². The number of aromatic amines is 1. The lowest BCUT2D eigenvalue weighted by Crippen LogP contribution is -2.30. The van der Waals surface area contributed by atoms with Crippen molar-refractivity contribution >= 4 is 33.7 Å². The van der Waals surface area contributed by atoms with Crippen molar-refractivity contribution in [2.75, 3.05) is 23.3 Å². The van der Waals surface area contributed by atoms with Crippen molar-refractivity contribution in [3.8, 4) is 5.75 Å². The fourth-order valence-electron chi connectivity index (χ4n) is 2.98. The molecule has 0 radical (unpaired) electrons. The minimum atomic E-state index is -0.392. The largest absolute Gasteiger partial charge is 0.486 e. The van der Waals surface area contributed by atoms with E-state index in [1.807, 2.05) is 24.3 Å². The molecule has 1 saturated heterocycles. The predicted octanol–water partition coefficient (Wildman–Crippen LogP) is 3.98. The van der Waals surface area contributed by atoms with Gasteiger partial charge in [0.25, 0.3) is 5.91 Å². The predicted molar refractivity (Wildman–Crippen MR) is 108 cm³/mol. The fraction of sp³-hybridized carbons (Fsp3) is 0.316. The van der Waals surface area contributed by atoms with Crippen LogP contribution in [-0.2, 0) is 6.61 Å². The van der Waals surface area contributed by atoms with Crippen LogP contribution < -0.4 is 15.0 Å². The topological polar surface area (TPSA) is 96.3 Å². The molecule has 4 rings (SSSR count). The van der Waals surface area contributed by atoms with Gasteiger partial charge in [0.05, 0.1) is 0 Å². The van der Waals surface area contributed by atoms with Crippen molar-refractivity contribution < 1.29 is 13.9 Å². The van der Waals surface area contributed by atoms with Gasteiger partial charge in [-0.05, 0) is 55.7 Å². The average molecular weight is 446 g/mol. The van der Waals surface area contributed by atoms with Crippen LogP contribution >= 0.6 is 15.9 Å². The molecule has 1 aliphatic heterocycles. The van der Waals surface area contributed by atoms with Gasteiger partial charge in [0, 0.05) is 17.6 Å². The van der Waals surface area contributed by atoms with Gasteiger partial charge in [-0.3, -0.25) is 10.1 Å². The number of amides is 1. The molecule has 3 aromatic rings. The van der Waals surface area contributed by atoms with Crippen LogP contribution in [0.25, 0.3) is 0 Å². The first-order valence-corrected chi connectivity index (χ1v) is 9.92. The van der Waals surface area contributed by atoms with Crippen LogP contribution in [-0.4, -0.2) is 34.2 Å². The normalized spacial score (nSPS) is 14.1. The lowest BCUT2D eigenvalue weighted by Gasteiger charge is -2.24. The van der Waals surface area contributed by atoms with Crippen LogP contribution in [0, 0.1) is 0 Å². The Hall–Kier alpha value is -2.81. The highest BCUT2D eigenvalue weighted by molar-refractivity contribution is 9.10. The summed E-state index contributed by atoms with van der Waals surface area (Å²) in [5, 5.41) is 9.62. The molecule has 0 spiro atoms. The maximum atomic E-state index is 12.4. The number of benzene rings is 1. The highest BCUT2D eigenvalue weighted by Gasteiger charge is 2.18. The summed E-state index contributed by atoms with van der Waals surface area (Å²) in [6.45, 7) is 2.10. The van der Waals surface area contributed by atoms with Crippen LogP contribution in [0.4, 0.5) is 11.9 Å². The number of H-pyrrole nitrogens is 1. The first-order valence-electron chi connectivity index (χ1n) is 9.13. The number of nitrogens with zero attached hydrogens (tertiary/aromatic N) is 3. The molecule has 0 unspecified atom stereocenters. The molecule has 3 heterocycles. The van der Waals surface area contributed by atoms with Gasteiger partial charge >= 0.3 is 0 Å². The highest BCUT2D eigenvalue weighted by Crippen LogP contribution is 2.19. The number of halogens is 1. The number of rotatable bonds is 6. The Kier molecular flexibility index (Phi) is 5.61. The molecule has 28 heavy (non-hydrogen) atoms. The average Bonchev–Trinajstić information content (AvgIpc) is 3.38. The van der Waals surface area contributed by atoms with Gasteiger partial charge in [0.1, 0.15) is 18.1 Å². The number of carbonyl (C=O) groups excluding carboxylic acids is 1. The molecule has 0 bridgehead atoms. The zero-order valence-electron chi connectivity index (χ0n) is 15.2. The quantitative estimate of drug-likeness (QED) is 0.595. The lowest BCUT2D eigenvalue weighted by atomic mass is 10.1. The summed E-state index contributed by atoms with van der Waals surface area (Å²) in [5.41, 5.74) is 0. The van der Waals surface area contributed by atoms with Gasteiger partial charge in [-0.25, -0.2) is 5.10 Å². The van der Waals surface area contributed by atoms with E-state index in [2.05, 4.69) is 41.3 Å². The third-order valence-electron chi connectivity index (χ3n) is 4.42. The summed E-state index contributed by atoms with van der Waals surface area (Å²) in [6, 6.07) is 10.8. The van der Waals surface area contributed by atoms with Gasteiger partial charge in [-0.15, -0.1) is 5.10 Å². The van der Waals surface area contributed by atoms with Crippen LogP contribution in [0.5, 0.6) is 5.75 Å². The van der Waals surface area contributed by atoms with Gasteiger partial charge in [0.2, 0.25) is 11.9 Å². The third kappa shape index (κ3) is 4.53. The van der Waals surface area contributed by atoms with Crippen molar-refractivity contribution in [2.24, 2.45) is 0 Å². The number of furan rings is 1. The number of piperidine rings is 1. The maximum Gasteiger partial charge on any atom is 0.293 e. The molecule has 1 aromatic carbocycles. The van der Waals surface area contributed by atoms with Gasteiger partial charge < -0.3 is 14.1 Å². The van der Waals surface area contributed by atoms with E-state index < -0.39 is 5.91 Å². The van der Waals surface area contributed by atoms with Crippen molar-refractivity contribution in [3.63, 3.8) is 0 Å². The molecule has 2 N–H and O–H groups in total. The Morgan fingerprint density at radius 3 is 2.75 bits per heavy atom. The standard InChI is InChI=1S/C19H20BrN5O3/c20-13-4-6-14(7-5-13)27-12-15-8-9-16(28-15)17(26)21-18-22-19(24-23-18)25-10-2-1-3-11-25/h4-9H,1-3,10-12H2,(H2,21,22,23,24,26). The van der Waals surface area contributed by atoms with E-state index in [9.17, 15) is 4.79 Å². The van der Waals surface area contributed by atoms with E-state index in [4.69, 9.17) is 9.15 Å². The number of aromatic nitrogens is 3. The van der Waals surface area contributed by atoms with Crippen LogP contribution in [0.1, 0.15) is 35.6 Å². The number of nitrogens with one attached hydrogen (secondary N) is 2. The third-order valence-corrected chi connectivity index (χ3v) is 4.95. The summed E-state index contributed by atoms with van der Waals surface area (Å²) in [4.78, 5) is 18.8. The van der Waals surface area contributed by atoms with Crippen molar-refractivity contribution in [3.05, 3.63) is 52.4 Å². The first-order chi connectivity index (χ1) is 13.7. The van der Waals surface area contributed by atoms with Crippen LogP contribution in [0.3, 0.4) is 0 Å². The molecule has 9 heteroatoms. The second kappa shape index (κ2) is 8.47. The van der Waals surface area contributed by atoms with Crippen LogP contribution in [0.15, 0.2) is 45.3 Å². The molecule has 0 atom stereocenters. The number of hydrogen-bond acceptors (Lipinski definition) is 6. The maximum absolute atomic E-state index is 12.4.